The fourth-order valence-corrected chi connectivity index (χ4v) is 2.89. The minimum atomic E-state index is -0.131. The third-order valence-corrected chi connectivity index (χ3v) is 4.57. The predicted octanol–water partition coefficient (Wildman–Crippen LogP) is 4.73. The molecule has 0 bridgehead atoms. The number of carbonyl (C=O) groups excluding carboxylic acids is 1. The molecule has 0 fully saturated rings. The fourth-order valence-electron chi connectivity index (χ4n) is 1.93. The Balaban J connectivity index is 1.98. The smallest absolute Gasteiger partial charge is 0.237 e. The van der Waals surface area contributed by atoms with Gasteiger partial charge in [-0.2, -0.15) is 0 Å². The van der Waals surface area contributed by atoms with E-state index < -0.39 is 0 Å². The van der Waals surface area contributed by atoms with Crippen LogP contribution in [0.2, 0.25) is 0 Å². The number of hydrogen-bond acceptors (Lipinski definition) is 2. The molecular formula is C18H21NOS. The molecule has 110 valence electrons. The molecule has 0 aliphatic heterocycles. The van der Waals surface area contributed by atoms with Crippen molar-refractivity contribution in [3.05, 3.63) is 59.2 Å². The molecule has 2 rings (SSSR count). The molecule has 3 heteroatoms. The van der Waals surface area contributed by atoms with Gasteiger partial charge in [0.25, 0.3) is 0 Å². The van der Waals surface area contributed by atoms with Gasteiger partial charge in [0.1, 0.15) is 0 Å². The maximum absolute atomic E-state index is 12.2. The SMILES string of the molecule is Cc1ccc(NC(=O)[C@@H](C)Sc2ccc(C)c(C)c2)cc1. The molecule has 1 N–H and O–H groups in total. The van der Waals surface area contributed by atoms with Gasteiger partial charge >= 0.3 is 0 Å². The van der Waals surface area contributed by atoms with E-state index in [1.807, 2.05) is 38.1 Å². The van der Waals surface area contributed by atoms with E-state index in [2.05, 4.69) is 37.4 Å². The van der Waals surface area contributed by atoms with E-state index in [0.29, 0.717) is 0 Å². The van der Waals surface area contributed by atoms with Crippen molar-refractivity contribution in [3.8, 4) is 0 Å². The third-order valence-electron chi connectivity index (χ3n) is 3.48. The van der Waals surface area contributed by atoms with Gasteiger partial charge < -0.3 is 5.32 Å². The summed E-state index contributed by atoms with van der Waals surface area (Å²) < 4.78 is 0. The van der Waals surface area contributed by atoms with Crippen LogP contribution in [-0.2, 0) is 4.79 Å². The second-order valence-corrected chi connectivity index (χ2v) is 6.78. The Morgan fingerprint density at radius 1 is 1.00 bits per heavy atom. The first-order valence-corrected chi connectivity index (χ1v) is 7.95. The van der Waals surface area contributed by atoms with Crippen molar-refractivity contribution in [1.82, 2.24) is 0 Å². The summed E-state index contributed by atoms with van der Waals surface area (Å²) in [6.45, 7) is 8.15. The quantitative estimate of drug-likeness (QED) is 0.827. The molecular weight excluding hydrogens is 278 g/mol. The van der Waals surface area contributed by atoms with Gasteiger partial charge in [-0.25, -0.2) is 0 Å². The van der Waals surface area contributed by atoms with E-state index in [9.17, 15) is 4.79 Å². The van der Waals surface area contributed by atoms with Gasteiger partial charge in [-0.1, -0.05) is 23.8 Å². The number of carbonyl (C=O) groups is 1. The van der Waals surface area contributed by atoms with Gasteiger partial charge in [-0.15, -0.1) is 11.8 Å². The van der Waals surface area contributed by atoms with Crippen molar-refractivity contribution in [3.63, 3.8) is 0 Å². The first-order chi connectivity index (χ1) is 9.95. The number of anilines is 1. The number of aryl methyl sites for hydroxylation is 3. The lowest BCUT2D eigenvalue weighted by Crippen LogP contribution is -2.22. The second-order valence-electron chi connectivity index (χ2n) is 5.36. The van der Waals surface area contributed by atoms with Crippen LogP contribution in [0.3, 0.4) is 0 Å². The average molecular weight is 299 g/mol. The zero-order valence-corrected chi connectivity index (χ0v) is 13.8. The van der Waals surface area contributed by atoms with Gasteiger partial charge in [0.15, 0.2) is 0 Å². The number of benzene rings is 2. The molecule has 1 amide bonds. The van der Waals surface area contributed by atoms with Crippen LogP contribution in [0.15, 0.2) is 47.4 Å². The highest BCUT2D eigenvalue weighted by Gasteiger charge is 2.14. The molecule has 2 nitrogen and oxygen atoms in total. The molecule has 0 heterocycles. The number of nitrogens with one attached hydrogen (secondary N) is 1. The molecule has 0 radical (unpaired) electrons. The Hall–Kier alpha value is -1.74. The van der Waals surface area contributed by atoms with Crippen LogP contribution in [0.1, 0.15) is 23.6 Å². The summed E-state index contributed by atoms with van der Waals surface area (Å²) in [5.41, 5.74) is 4.56. The van der Waals surface area contributed by atoms with Gasteiger partial charge in [0.2, 0.25) is 5.91 Å². The van der Waals surface area contributed by atoms with Crippen LogP contribution in [0.4, 0.5) is 5.69 Å². The highest BCUT2D eigenvalue weighted by molar-refractivity contribution is 8.00. The summed E-state index contributed by atoms with van der Waals surface area (Å²) in [6, 6.07) is 14.2. The lowest BCUT2D eigenvalue weighted by atomic mass is 10.1. The molecule has 0 aliphatic carbocycles. The van der Waals surface area contributed by atoms with E-state index in [1.54, 1.807) is 11.8 Å². The minimum absolute atomic E-state index is 0.0297. The lowest BCUT2D eigenvalue weighted by Gasteiger charge is -2.13. The second kappa shape index (κ2) is 6.81. The monoisotopic (exact) mass is 299 g/mol. The van der Waals surface area contributed by atoms with Gasteiger partial charge in [0.05, 0.1) is 5.25 Å². The van der Waals surface area contributed by atoms with E-state index in [-0.39, 0.29) is 11.2 Å². The first kappa shape index (κ1) is 15.6. The van der Waals surface area contributed by atoms with Crippen LogP contribution in [0.25, 0.3) is 0 Å². The van der Waals surface area contributed by atoms with Crippen LogP contribution in [-0.4, -0.2) is 11.2 Å². The number of amides is 1. The Bertz CT molecular complexity index is 634. The molecule has 0 spiro atoms. The highest BCUT2D eigenvalue weighted by atomic mass is 32.2. The third kappa shape index (κ3) is 4.36. The molecule has 0 saturated carbocycles. The predicted molar refractivity (Wildman–Crippen MR) is 91.0 cm³/mol. The zero-order chi connectivity index (χ0) is 15.4. The molecule has 1 atom stereocenters. The van der Waals surface area contributed by atoms with E-state index >= 15 is 0 Å². The molecule has 0 aliphatic rings. The van der Waals surface area contributed by atoms with Crippen molar-refractivity contribution < 1.29 is 4.79 Å². The summed E-state index contributed by atoms with van der Waals surface area (Å²) in [6.07, 6.45) is 0. The first-order valence-electron chi connectivity index (χ1n) is 7.07. The summed E-state index contributed by atoms with van der Waals surface area (Å²) in [7, 11) is 0. The number of thioether (sulfide) groups is 1. The summed E-state index contributed by atoms with van der Waals surface area (Å²) in [4.78, 5) is 13.4. The average Bonchev–Trinajstić information content (AvgIpc) is 2.45. The van der Waals surface area contributed by atoms with Crippen molar-refractivity contribution >= 4 is 23.4 Å². The Labute approximate surface area is 131 Å². The van der Waals surface area contributed by atoms with Crippen molar-refractivity contribution in [2.24, 2.45) is 0 Å². The fraction of sp³-hybridized carbons (Fsp3) is 0.278. The highest BCUT2D eigenvalue weighted by Crippen LogP contribution is 2.26. The maximum atomic E-state index is 12.2. The summed E-state index contributed by atoms with van der Waals surface area (Å²) >= 11 is 1.58. The largest absolute Gasteiger partial charge is 0.325 e. The molecule has 0 saturated heterocycles. The van der Waals surface area contributed by atoms with E-state index in [4.69, 9.17) is 0 Å². The minimum Gasteiger partial charge on any atom is -0.325 e. The van der Waals surface area contributed by atoms with Crippen LogP contribution in [0.5, 0.6) is 0 Å². The summed E-state index contributed by atoms with van der Waals surface area (Å²) in [5.74, 6) is 0.0297. The van der Waals surface area contributed by atoms with Crippen LogP contribution in [0, 0.1) is 20.8 Å². The lowest BCUT2D eigenvalue weighted by molar-refractivity contribution is -0.115. The van der Waals surface area contributed by atoms with E-state index in [1.165, 1.54) is 16.7 Å². The van der Waals surface area contributed by atoms with E-state index in [0.717, 1.165) is 10.6 Å². The standard InChI is InChI=1S/C18H21NOS/c1-12-5-8-16(9-6-12)19-18(20)15(4)21-17-10-7-13(2)14(3)11-17/h5-11,15H,1-4H3,(H,19,20)/t15-/m1/s1. The van der Waals surface area contributed by atoms with Crippen LogP contribution >= 0.6 is 11.8 Å². The van der Waals surface area contributed by atoms with Gasteiger partial charge in [0, 0.05) is 10.6 Å². The molecule has 2 aromatic carbocycles. The van der Waals surface area contributed by atoms with Crippen molar-refractivity contribution in [1.29, 1.82) is 0 Å². The molecule has 0 unspecified atom stereocenters. The van der Waals surface area contributed by atoms with Gasteiger partial charge in [-0.3, -0.25) is 4.79 Å². The molecule has 21 heavy (non-hydrogen) atoms. The Kier molecular flexibility index (Phi) is 5.07. The molecule has 2 aromatic rings. The Morgan fingerprint density at radius 3 is 2.29 bits per heavy atom. The Morgan fingerprint density at radius 2 is 1.67 bits per heavy atom. The maximum Gasteiger partial charge on any atom is 0.237 e. The molecule has 0 aromatic heterocycles. The topological polar surface area (TPSA) is 29.1 Å². The van der Waals surface area contributed by atoms with Crippen molar-refractivity contribution in [2.45, 2.75) is 37.8 Å². The normalized spacial score (nSPS) is 12.0. The zero-order valence-electron chi connectivity index (χ0n) is 12.9. The number of hydrogen-bond donors (Lipinski definition) is 1. The van der Waals surface area contributed by atoms with Crippen LogP contribution < -0.4 is 5.32 Å². The van der Waals surface area contributed by atoms with Crippen molar-refractivity contribution in [2.75, 3.05) is 5.32 Å². The summed E-state index contributed by atoms with van der Waals surface area (Å²) in [5, 5.41) is 2.82. The number of rotatable bonds is 4. The van der Waals surface area contributed by atoms with Gasteiger partial charge in [-0.05, 0) is 63.1 Å².